The van der Waals surface area contributed by atoms with Crippen LogP contribution in [0.1, 0.15) is 62.9 Å². The molecule has 1 aliphatic carbocycles. The van der Waals surface area contributed by atoms with Crippen LogP contribution in [0.4, 0.5) is 11.5 Å². The third-order valence-electron chi connectivity index (χ3n) is 6.22. The summed E-state index contributed by atoms with van der Waals surface area (Å²) < 4.78 is 22.5. The maximum atomic E-state index is 12.6. The molecular formula is C26H32ClN5O3S. The highest BCUT2D eigenvalue weighted by molar-refractivity contribution is 7.84. The van der Waals surface area contributed by atoms with E-state index in [9.17, 15) is 9.00 Å². The van der Waals surface area contributed by atoms with E-state index in [2.05, 4.69) is 15.0 Å². The Morgan fingerprint density at radius 1 is 1.17 bits per heavy atom. The van der Waals surface area contributed by atoms with Crippen LogP contribution >= 0.6 is 11.6 Å². The Bertz CT molecular complexity index is 1250. The van der Waals surface area contributed by atoms with Gasteiger partial charge in [-0.3, -0.25) is 9.67 Å². The summed E-state index contributed by atoms with van der Waals surface area (Å²) in [6, 6.07) is 11.6. The van der Waals surface area contributed by atoms with Crippen molar-refractivity contribution >= 4 is 40.1 Å². The summed E-state index contributed by atoms with van der Waals surface area (Å²) in [7, 11) is 0.254. The molecule has 2 aromatic heterocycles. The third kappa shape index (κ3) is 6.14. The van der Waals surface area contributed by atoms with Gasteiger partial charge in [0.15, 0.2) is 5.82 Å². The van der Waals surface area contributed by atoms with Gasteiger partial charge in [-0.2, -0.15) is 5.10 Å². The lowest BCUT2D eigenvalue weighted by Crippen LogP contribution is -2.41. The van der Waals surface area contributed by atoms with Crippen LogP contribution in [0.2, 0.25) is 5.02 Å². The molecule has 0 radical (unpaired) electrons. The molecule has 1 atom stereocenters. The quantitative estimate of drug-likeness (QED) is 0.383. The number of nitrogens with zero attached hydrogens (tertiary/aromatic N) is 3. The summed E-state index contributed by atoms with van der Waals surface area (Å²) in [5, 5.41) is 8.78. The molecule has 10 heteroatoms. The predicted octanol–water partition coefficient (Wildman–Crippen LogP) is 5.66. The molecule has 0 amide bonds. The van der Waals surface area contributed by atoms with Gasteiger partial charge in [0.1, 0.15) is 0 Å². The second-order valence-corrected chi connectivity index (χ2v) is 12.3. The van der Waals surface area contributed by atoms with E-state index in [-0.39, 0.29) is 16.8 Å². The van der Waals surface area contributed by atoms with Crippen molar-refractivity contribution in [2.24, 2.45) is 0 Å². The van der Waals surface area contributed by atoms with Crippen molar-refractivity contribution in [3.8, 4) is 11.3 Å². The molecule has 2 heterocycles. The highest BCUT2D eigenvalue weighted by atomic mass is 35.5. The van der Waals surface area contributed by atoms with Gasteiger partial charge in [-0.25, -0.2) is 13.7 Å². The van der Waals surface area contributed by atoms with Gasteiger partial charge in [0.25, 0.3) is 0 Å². The monoisotopic (exact) mass is 529 g/mol. The number of nitrogens with one attached hydrogen (secondary N) is 2. The molecule has 4 rings (SSSR count). The number of esters is 1. The van der Waals surface area contributed by atoms with Crippen molar-refractivity contribution in [1.29, 1.82) is 0 Å². The Morgan fingerprint density at radius 2 is 1.92 bits per heavy atom. The van der Waals surface area contributed by atoms with Crippen molar-refractivity contribution in [1.82, 2.24) is 19.5 Å². The Balaban J connectivity index is 1.60. The molecule has 1 fully saturated rings. The van der Waals surface area contributed by atoms with Crippen molar-refractivity contribution in [2.45, 2.75) is 63.3 Å². The summed E-state index contributed by atoms with van der Waals surface area (Å²) >= 11 is 6.30. The molecule has 36 heavy (non-hydrogen) atoms. The number of rotatable bonds is 7. The number of halogens is 1. The Labute approximate surface area is 219 Å². The van der Waals surface area contributed by atoms with Crippen LogP contribution in [0.5, 0.6) is 0 Å². The molecule has 8 nitrogen and oxygen atoms in total. The number of benzene rings is 1. The SMILES string of the molecule is COC(=O)c1ccncc1Nc1cc(-c2cccc(Cl)c2)n(C2CCC(NS(=O)C(C)(C)C)CC2)n1. The fourth-order valence-corrected chi connectivity index (χ4v) is 5.37. The van der Waals surface area contributed by atoms with Crippen LogP contribution in [0.25, 0.3) is 11.3 Å². The molecule has 1 saturated carbocycles. The van der Waals surface area contributed by atoms with E-state index in [1.54, 1.807) is 18.5 Å². The van der Waals surface area contributed by atoms with Crippen molar-refractivity contribution in [2.75, 3.05) is 12.4 Å². The molecule has 3 aromatic rings. The van der Waals surface area contributed by atoms with Gasteiger partial charge in [0.05, 0.1) is 52.0 Å². The third-order valence-corrected chi connectivity index (χ3v) is 8.11. The van der Waals surface area contributed by atoms with Crippen LogP contribution in [-0.2, 0) is 15.7 Å². The zero-order valence-corrected chi connectivity index (χ0v) is 22.5. The number of aromatic nitrogens is 3. The van der Waals surface area contributed by atoms with Crippen LogP contribution < -0.4 is 10.0 Å². The van der Waals surface area contributed by atoms with E-state index in [0.29, 0.717) is 22.1 Å². The summed E-state index contributed by atoms with van der Waals surface area (Å²) in [6.45, 7) is 5.93. The van der Waals surface area contributed by atoms with Crippen LogP contribution in [-0.4, -0.2) is 42.8 Å². The lowest BCUT2D eigenvalue weighted by atomic mass is 9.91. The van der Waals surface area contributed by atoms with Gasteiger partial charge in [-0.15, -0.1) is 0 Å². The molecule has 192 valence electrons. The number of ether oxygens (including phenoxy) is 1. The maximum Gasteiger partial charge on any atom is 0.340 e. The predicted molar refractivity (Wildman–Crippen MR) is 144 cm³/mol. The normalized spacial score (nSPS) is 19.0. The average Bonchev–Trinajstić information content (AvgIpc) is 3.27. The second-order valence-electron chi connectivity index (χ2n) is 9.91. The number of hydrogen-bond donors (Lipinski definition) is 2. The Morgan fingerprint density at radius 3 is 2.58 bits per heavy atom. The van der Waals surface area contributed by atoms with Gasteiger partial charge in [0.2, 0.25) is 0 Å². The van der Waals surface area contributed by atoms with Crippen LogP contribution in [0, 0.1) is 0 Å². The molecule has 1 aromatic carbocycles. The number of pyridine rings is 1. The van der Waals surface area contributed by atoms with Crippen molar-refractivity contribution in [3.63, 3.8) is 0 Å². The first kappa shape index (κ1) is 26.3. The summed E-state index contributed by atoms with van der Waals surface area (Å²) in [5.41, 5.74) is 2.78. The van der Waals surface area contributed by atoms with Gasteiger partial charge < -0.3 is 10.1 Å². The largest absolute Gasteiger partial charge is 0.465 e. The summed E-state index contributed by atoms with van der Waals surface area (Å²) in [4.78, 5) is 16.4. The highest BCUT2D eigenvalue weighted by Gasteiger charge is 2.29. The zero-order valence-electron chi connectivity index (χ0n) is 21.0. The molecule has 0 saturated heterocycles. The minimum absolute atomic E-state index is 0.171. The first-order valence-electron chi connectivity index (χ1n) is 12.0. The number of carbonyl (C=O) groups excluding carboxylic acids is 1. The van der Waals surface area contributed by atoms with E-state index >= 15 is 0 Å². The van der Waals surface area contributed by atoms with Crippen molar-refractivity contribution < 1.29 is 13.7 Å². The summed E-state index contributed by atoms with van der Waals surface area (Å²) in [6.07, 6.45) is 6.73. The zero-order chi connectivity index (χ0) is 25.9. The van der Waals surface area contributed by atoms with Crippen molar-refractivity contribution in [3.05, 3.63) is 59.4 Å². The first-order chi connectivity index (χ1) is 17.2. The van der Waals surface area contributed by atoms with Crippen LogP contribution in [0.3, 0.4) is 0 Å². The lowest BCUT2D eigenvalue weighted by Gasteiger charge is -2.31. The number of methoxy groups -OCH3 is 1. The minimum Gasteiger partial charge on any atom is -0.465 e. The minimum atomic E-state index is -1.09. The smallest absolute Gasteiger partial charge is 0.340 e. The molecule has 1 aliphatic rings. The van der Waals surface area contributed by atoms with E-state index in [1.807, 2.05) is 55.8 Å². The first-order valence-corrected chi connectivity index (χ1v) is 13.5. The number of anilines is 2. The fraction of sp³-hybridized carbons (Fsp3) is 0.423. The lowest BCUT2D eigenvalue weighted by molar-refractivity contribution is 0.0601. The van der Waals surface area contributed by atoms with E-state index in [4.69, 9.17) is 21.4 Å². The van der Waals surface area contributed by atoms with Gasteiger partial charge in [-0.1, -0.05) is 23.7 Å². The fourth-order valence-electron chi connectivity index (χ4n) is 4.28. The standard InChI is InChI=1S/C26H32ClN5O3S/c1-26(2,3)36(34)31-19-8-10-20(11-9-19)32-23(17-6-5-7-18(27)14-17)15-24(30-32)29-22-16-28-13-12-21(22)25(33)35-4/h5-7,12-16,19-20,31H,8-11H2,1-4H3,(H,29,30). The molecular weight excluding hydrogens is 498 g/mol. The maximum absolute atomic E-state index is 12.6. The van der Waals surface area contributed by atoms with Gasteiger partial charge in [0, 0.05) is 28.9 Å². The molecule has 2 N–H and O–H groups in total. The van der Waals surface area contributed by atoms with E-state index in [0.717, 1.165) is 36.9 Å². The Kier molecular flexibility index (Phi) is 8.12. The Hall–Kier alpha value is -2.75. The number of hydrogen-bond acceptors (Lipinski definition) is 6. The van der Waals surface area contributed by atoms with Gasteiger partial charge >= 0.3 is 5.97 Å². The molecule has 0 bridgehead atoms. The van der Waals surface area contributed by atoms with Crippen LogP contribution in [0.15, 0.2) is 48.8 Å². The van der Waals surface area contributed by atoms with E-state index < -0.39 is 17.0 Å². The number of carbonyl (C=O) groups is 1. The highest BCUT2D eigenvalue weighted by Crippen LogP contribution is 2.35. The molecule has 0 aliphatic heterocycles. The van der Waals surface area contributed by atoms with Gasteiger partial charge in [-0.05, 0) is 64.7 Å². The summed E-state index contributed by atoms with van der Waals surface area (Å²) in [5.74, 6) is 0.144. The molecule has 0 spiro atoms. The topological polar surface area (TPSA) is 98.1 Å². The molecule has 1 unspecified atom stereocenters. The van der Waals surface area contributed by atoms with E-state index in [1.165, 1.54) is 7.11 Å². The average molecular weight is 530 g/mol. The second kappa shape index (κ2) is 11.1.